The monoisotopic (exact) mass is 845 g/mol. The van der Waals surface area contributed by atoms with Gasteiger partial charge in [-0.15, -0.1) is 0 Å². The lowest BCUT2D eigenvalue weighted by Crippen LogP contribution is -2.19. The van der Waals surface area contributed by atoms with Gasteiger partial charge in [0.1, 0.15) is 0 Å². The van der Waals surface area contributed by atoms with Crippen LogP contribution in [0.25, 0.3) is 77.2 Å². The SMILES string of the molecule is CC1(C)c2ccccc2-c2ccc(N(c3ccc4c(c3)C(C)(C)c3cc(-c5ccc6ccccc6c5)ccc3-4)c3ccc4c(c3)C(C)(C)c3cc(-c5ccc6ccccc6c5)ccc3-4)cc21. The molecule has 0 aromatic heterocycles. The van der Waals surface area contributed by atoms with Gasteiger partial charge in [0.25, 0.3) is 0 Å². The topological polar surface area (TPSA) is 3.24 Å². The standard InChI is InChI=1S/C65H51N/c1-63(2)57-18-12-11-17-51(57)54-30-25-48(37-60(54)63)66(49-26-31-55-52-28-23-46(35-58(52)64(3,4)61(55)38-49)44-21-19-40-13-7-9-15-42(40)33-44)50-27-32-56-53-29-24-47(36-59(53)65(5,6)62(56)39-50)45-22-20-41-14-8-10-16-43(41)34-45/h7-39H,1-6H3. The van der Waals surface area contributed by atoms with Gasteiger partial charge in [0.05, 0.1) is 0 Å². The number of anilines is 3. The third kappa shape index (κ3) is 5.59. The lowest BCUT2D eigenvalue weighted by atomic mass is 9.81. The van der Waals surface area contributed by atoms with Crippen LogP contribution in [0.4, 0.5) is 17.1 Å². The number of benzene rings is 10. The number of hydrogen-bond acceptors (Lipinski definition) is 1. The van der Waals surface area contributed by atoms with Crippen LogP contribution in [-0.2, 0) is 16.2 Å². The zero-order chi connectivity index (χ0) is 44.7. The first-order valence-electron chi connectivity index (χ1n) is 23.6. The Hall–Kier alpha value is -7.48. The smallest absolute Gasteiger partial charge is 0.0465 e. The van der Waals surface area contributed by atoms with Crippen LogP contribution in [0, 0.1) is 0 Å². The largest absolute Gasteiger partial charge is 0.310 e. The Morgan fingerprint density at radius 3 is 0.985 bits per heavy atom. The molecule has 1 nitrogen and oxygen atoms in total. The lowest BCUT2D eigenvalue weighted by molar-refractivity contribution is 0.659. The molecule has 0 unspecified atom stereocenters. The van der Waals surface area contributed by atoms with Gasteiger partial charge in [0.2, 0.25) is 0 Å². The minimum atomic E-state index is -0.203. The van der Waals surface area contributed by atoms with Crippen molar-refractivity contribution >= 4 is 38.6 Å². The van der Waals surface area contributed by atoms with Crippen LogP contribution in [0.1, 0.15) is 74.9 Å². The fraction of sp³-hybridized carbons (Fsp3) is 0.138. The maximum atomic E-state index is 2.53. The second kappa shape index (κ2) is 13.8. The summed E-state index contributed by atoms with van der Waals surface area (Å²) in [5.74, 6) is 0. The summed E-state index contributed by atoms with van der Waals surface area (Å²) in [6.07, 6.45) is 0. The van der Waals surface area contributed by atoms with Crippen LogP contribution < -0.4 is 4.90 Å². The highest BCUT2D eigenvalue weighted by Gasteiger charge is 2.40. The molecule has 0 aliphatic heterocycles. The van der Waals surface area contributed by atoms with Crippen molar-refractivity contribution in [3.05, 3.63) is 234 Å². The van der Waals surface area contributed by atoms with E-state index in [1.165, 1.54) is 128 Å². The third-order valence-corrected chi connectivity index (χ3v) is 15.8. The fourth-order valence-corrected chi connectivity index (χ4v) is 12.1. The predicted octanol–water partition coefficient (Wildman–Crippen LogP) is 17.7. The molecule has 10 aromatic rings. The average Bonchev–Trinajstić information content (AvgIpc) is 3.82. The van der Waals surface area contributed by atoms with E-state index in [4.69, 9.17) is 0 Å². The van der Waals surface area contributed by atoms with Crippen molar-refractivity contribution in [1.82, 2.24) is 0 Å². The van der Waals surface area contributed by atoms with Crippen molar-refractivity contribution in [3.63, 3.8) is 0 Å². The first kappa shape index (κ1) is 38.9. The van der Waals surface area contributed by atoms with Crippen LogP contribution >= 0.6 is 0 Å². The van der Waals surface area contributed by atoms with Crippen molar-refractivity contribution in [2.75, 3.05) is 4.90 Å². The molecule has 1 heteroatoms. The highest BCUT2D eigenvalue weighted by atomic mass is 15.1. The van der Waals surface area contributed by atoms with E-state index in [0.717, 1.165) is 0 Å². The highest BCUT2D eigenvalue weighted by molar-refractivity contribution is 5.94. The summed E-state index contributed by atoms with van der Waals surface area (Å²) in [4.78, 5) is 2.53. The molecule has 0 bridgehead atoms. The Labute approximate surface area is 388 Å². The van der Waals surface area contributed by atoms with E-state index < -0.39 is 0 Å². The molecule has 3 aliphatic rings. The van der Waals surface area contributed by atoms with Gasteiger partial charge in [-0.2, -0.15) is 0 Å². The van der Waals surface area contributed by atoms with Crippen molar-refractivity contribution in [1.29, 1.82) is 0 Å². The van der Waals surface area contributed by atoms with Gasteiger partial charge in [-0.3, -0.25) is 0 Å². The van der Waals surface area contributed by atoms with Crippen molar-refractivity contribution in [2.45, 2.75) is 57.8 Å². The molecule has 0 amide bonds. The van der Waals surface area contributed by atoms with Gasteiger partial charge < -0.3 is 4.90 Å². The quantitative estimate of drug-likeness (QED) is 0.167. The van der Waals surface area contributed by atoms with E-state index in [2.05, 4.69) is 247 Å². The number of hydrogen-bond donors (Lipinski definition) is 0. The number of fused-ring (bicyclic) bond motifs is 11. The second-order valence-corrected chi connectivity index (χ2v) is 20.6. The zero-order valence-electron chi connectivity index (χ0n) is 38.5. The van der Waals surface area contributed by atoms with Gasteiger partial charge >= 0.3 is 0 Å². The first-order chi connectivity index (χ1) is 31.9. The van der Waals surface area contributed by atoms with Crippen LogP contribution in [-0.4, -0.2) is 0 Å². The summed E-state index contributed by atoms with van der Waals surface area (Å²) < 4.78 is 0. The van der Waals surface area contributed by atoms with E-state index in [1.54, 1.807) is 0 Å². The van der Waals surface area contributed by atoms with E-state index in [-0.39, 0.29) is 16.2 Å². The normalized spacial score (nSPS) is 15.2. The van der Waals surface area contributed by atoms with E-state index in [9.17, 15) is 0 Å². The number of nitrogens with zero attached hydrogens (tertiary/aromatic N) is 1. The molecule has 0 fully saturated rings. The first-order valence-corrected chi connectivity index (χ1v) is 23.6. The summed E-state index contributed by atoms with van der Waals surface area (Å²) in [6, 6.07) is 75.8. The van der Waals surface area contributed by atoms with E-state index in [1.807, 2.05) is 0 Å². The molecule has 0 heterocycles. The predicted molar refractivity (Wildman–Crippen MR) is 280 cm³/mol. The minimum absolute atomic E-state index is 0.123. The van der Waals surface area contributed by atoms with Crippen molar-refractivity contribution < 1.29 is 0 Å². The van der Waals surface area contributed by atoms with Gasteiger partial charge in [0, 0.05) is 33.3 Å². The average molecular weight is 846 g/mol. The highest BCUT2D eigenvalue weighted by Crippen LogP contribution is 2.56. The van der Waals surface area contributed by atoms with Gasteiger partial charge in [-0.05, 0) is 171 Å². The molecule has 0 atom stereocenters. The van der Waals surface area contributed by atoms with Crippen LogP contribution in [0.5, 0.6) is 0 Å². The molecule has 13 rings (SSSR count). The Morgan fingerprint density at radius 2 is 0.545 bits per heavy atom. The lowest BCUT2D eigenvalue weighted by Gasteiger charge is -2.31. The van der Waals surface area contributed by atoms with Gasteiger partial charge in [0.15, 0.2) is 0 Å². The molecule has 0 radical (unpaired) electrons. The zero-order valence-corrected chi connectivity index (χ0v) is 38.5. The van der Waals surface area contributed by atoms with E-state index in [0.29, 0.717) is 0 Å². The van der Waals surface area contributed by atoms with Crippen LogP contribution in [0.3, 0.4) is 0 Å². The molecule has 66 heavy (non-hydrogen) atoms. The summed E-state index contributed by atoms with van der Waals surface area (Å²) >= 11 is 0. The summed E-state index contributed by atoms with van der Waals surface area (Å²) in [5.41, 5.74) is 24.2. The molecule has 0 saturated carbocycles. The third-order valence-electron chi connectivity index (χ3n) is 15.8. The summed E-state index contributed by atoms with van der Waals surface area (Å²) in [6.45, 7) is 14.4. The molecular weight excluding hydrogens is 795 g/mol. The molecule has 10 aromatic carbocycles. The molecule has 0 spiro atoms. The Bertz CT molecular complexity index is 3500. The minimum Gasteiger partial charge on any atom is -0.310 e. The molecule has 0 N–H and O–H groups in total. The summed E-state index contributed by atoms with van der Waals surface area (Å²) in [7, 11) is 0. The van der Waals surface area contributed by atoms with Gasteiger partial charge in [-0.25, -0.2) is 0 Å². The summed E-state index contributed by atoms with van der Waals surface area (Å²) in [5, 5.41) is 5.08. The molecule has 3 aliphatic carbocycles. The van der Waals surface area contributed by atoms with Crippen molar-refractivity contribution in [3.8, 4) is 55.6 Å². The van der Waals surface area contributed by atoms with Crippen LogP contribution in [0.2, 0.25) is 0 Å². The fourth-order valence-electron chi connectivity index (χ4n) is 12.1. The second-order valence-electron chi connectivity index (χ2n) is 20.6. The molecular formula is C65H51N. The maximum absolute atomic E-state index is 2.53. The van der Waals surface area contributed by atoms with Gasteiger partial charge in [-0.1, -0.05) is 181 Å². The van der Waals surface area contributed by atoms with Crippen LogP contribution in [0.15, 0.2) is 200 Å². The van der Waals surface area contributed by atoms with E-state index >= 15 is 0 Å². The Kier molecular flexibility index (Phi) is 8.12. The Morgan fingerprint density at radius 1 is 0.242 bits per heavy atom. The maximum Gasteiger partial charge on any atom is 0.0465 e. The molecule has 316 valence electrons. The number of rotatable bonds is 5. The molecule has 0 saturated heterocycles. The van der Waals surface area contributed by atoms with Crippen molar-refractivity contribution in [2.24, 2.45) is 0 Å². The Balaban J connectivity index is 0.934.